The standard InChI is InChI=1S/C13H16N2OS2/c1-9(12-4-3-6-17-12)14-8-13-11(5-7-18-13)15-10(2)16/h3-7,9,14H,8H2,1-2H3,(H,15,16)/t9-/m1/s1. The number of nitrogens with one attached hydrogen (secondary N) is 2. The number of amides is 1. The third-order valence-corrected chi connectivity index (χ3v) is 4.57. The van der Waals surface area contributed by atoms with E-state index in [0.29, 0.717) is 6.04 Å². The van der Waals surface area contributed by atoms with Gasteiger partial charge in [0.1, 0.15) is 0 Å². The number of anilines is 1. The molecule has 0 aliphatic rings. The van der Waals surface area contributed by atoms with E-state index in [1.807, 2.05) is 11.4 Å². The van der Waals surface area contributed by atoms with Crippen molar-refractivity contribution in [3.8, 4) is 0 Å². The summed E-state index contributed by atoms with van der Waals surface area (Å²) in [5.41, 5.74) is 0.915. The van der Waals surface area contributed by atoms with E-state index >= 15 is 0 Å². The van der Waals surface area contributed by atoms with E-state index in [9.17, 15) is 4.79 Å². The van der Waals surface area contributed by atoms with Gasteiger partial charge in [0.2, 0.25) is 5.91 Å². The SMILES string of the molecule is CC(=O)Nc1ccsc1CN[C@H](C)c1cccs1. The second kappa shape index (κ2) is 6.13. The number of carbonyl (C=O) groups excluding carboxylic acids is 1. The Kier molecular flexibility index (Phi) is 4.52. The van der Waals surface area contributed by atoms with Crippen LogP contribution in [-0.4, -0.2) is 5.91 Å². The van der Waals surface area contributed by atoms with Crippen molar-refractivity contribution in [1.82, 2.24) is 5.32 Å². The first-order valence-corrected chi connectivity index (χ1v) is 7.53. The van der Waals surface area contributed by atoms with Gasteiger partial charge in [-0.15, -0.1) is 22.7 Å². The van der Waals surface area contributed by atoms with Gasteiger partial charge < -0.3 is 10.6 Å². The van der Waals surface area contributed by atoms with E-state index in [1.165, 1.54) is 11.8 Å². The molecule has 1 amide bonds. The molecule has 1 atom stereocenters. The largest absolute Gasteiger partial charge is 0.325 e. The minimum atomic E-state index is -0.0269. The summed E-state index contributed by atoms with van der Waals surface area (Å²) in [6, 6.07) is 6.47. The Labute approximate surface area is 115 Å². The van der Waals surface area contributed by atoms with Gasteiger partial charge in [0.15, 0.2) is 0 Å². The van der Waals surface area contributed by atoms with Crippen LogP contribution in [0.1, 0.15) is 29.6 Å². The summed E-state index contributed by atoms with van der Waals surface area (Å²) in [6.07, 6.45) is 0. The normalized spacial score (nSPS) is 12.3. The highest BCUT2D eigenvalue weighted by molar-refractivity contribution is 7.10. The van der Waals surface area contributed by atoms with Crippen molar-refractivity contribution in [2.45, 2.75) is 26.4 Å². The molecule has 0 fully saturated rings. The van der Waals surface area contributed by atoms with Crippen LogP contribution in [0.5, 0.6) is 0 Å². The molecular weight excluding hydrogens is 264 g/mol. The van der Waals surface area contributed by atoms with Crippen LogP contribution < -0.4 is 10.6 Å². The van der Waals surface area contributed by atoms with Gasteiger partial charge in [0, 0.05) is 29.3 Å². The first-order chi connectivity index (χ1) is 8.66. The number of thiophene rings is 2. The molecule has 0 saturated carbocycles. The number of carbonyl (C=O) groups is 1. The van der Waals surface area contributed by atoms with Gasteiger partial charge in [0.05, 0.1) is 5.69 Å². The van der Waals surface area contributed by atoms with Crippen LogP contribution in [0.2, 0.25) is 0 Å². The lowest BCUT2D eigenvalue weighted by Crippen LogP contribution is -2.17. The summed E-state index contributed by atoms with van der Waals surface area (Å²) in [7, 11) is 0. The minimum absolute atomic E-state index is 0.0269. The number of hydrogen-bond acceptors (Lipinski definition) is 4. The van der Waals surface area contributed by atoms with Crippen LogP contribution in [-0.2, 0) is 11.3 Å². The third-order valence-electron chi connectivity index (χ3n) is 2.59. The smallest absolute Gasteiger partial charge is 0.221 e. The summed E-state index contributed by atoms with van der Waals surface area (Å²) < 4.78 is 0. The fourth-order valence-electron chi connectivity index (χ4n) is 1.66. The molecule has 5 heteroatoms. The van der Waals surface area contributed by atoms with E-state index in [0.717, 1.165) is 17.1 Å². The van der Waals surface area contributed by atoms with Crippen molar-refractivity contribution in [1.29, 1.82) is 0 Å². The average Bonchev–Trinajstić information content (AvgIpc) is 2.95. The van der Waals surface area contributed by atoms with Crippen LogP contribution >= 0.6 is 22.7 Å². The van der Waals surface area contributed by atoms with Gasteiger partial charge in [-0.1, -0.05) is 6.07 Å². The zero-order valence-corrected chi connectivity index (χ0v) is 12.0. The fourth-order valence-corrected chi connectivity index (χ4v) is 3.20. The molecule has 2 N–H and O–H groups in total. The second-order valence-corrected chi connectivity index (χ2v) is 6.04. The summed E-state index contributed by atoms with van der Waals surface area (Å²) in [4.78, 5) is 13.6. The van der Waals surface area contributed by atoms with Crippen molar-refractivity contribution < 1.29 is 4.79 Å². The molecule has 96 valence electrons. The summed E-state index contributed by atoms with van der Waals surface area (Å²) >= 11 is 3.41. The Morgan fingerprint density at radius 2 is 2.17 bits per heavy atom. The number of rotatable bonds is 5. The quantitative estimate of drug-likeness (QED) is 0.878. The van der Waals surface area contributed by atoms with Crippen LogP contribution in [0.15, 0.2) is 29.0 Å². The van der Waals surface area contributed by atoms with Gasteiger partial charge in [-0.2, -0.15) is 0 Å². The molecule has 2 aromatic rings. The summed E-state index contributed by atoms with van der Waals surface area (Å²) in [5.74, 6) is -0.0269. The summed E-state index contributed by atoms with van der Waals surface area (Å²) in [6.45, 7) is 4.45. The van der Waals surface area contributed by atoms with Crippen molar-refractivity contribution >= 4 is 34.3 Å². The van der Waals surface area contributed by atoms with Gasteiger partial charge in [-0.3, -0.25) is 4.79 Å². The van der Waals surface area contributed by atoms with Crippen LogP contribution in [0.3, 0.4) is 0 Å². The van der Waals surface area contributed by atoms with Gasteiger partial charge in [-0.25, -0.2) is 0 Å². The Morgan fingerprint density at radius 1 is 1.33 bits per heavy atom. The van der Waals surface area contributed by atoms with Gasteiger partial charge in [0.25, 0.3) is 0 Å². The molecule has 0 saturated heterocycles. The lowest BCUT2D eigenvalue weighted by molar-refractivity contribution is -0.114. The molecule has 2 heterocycles. The predicted octanol–water partition coefficient (Wildman–Crippen LogP) is 3.62. The highest BCUT2D eigenvalue weighted by Gasteiger charge is 2.09. The second-order valence-electron chi connectivity index (χ2n) is 4.06. The molecule has 2 aromatic heterocycles. The average molecular weight is 280 g/mol. The molecule has 0 spiro atoms. The molecule has 0 bridgehead atoms. The van der Waals surface area contributed by atoms with Crippen molar-refractivity contribution in [3.63, 3.8) is 0 Å². The van der Waals surface area contributed by atoms with E-state index in [4.69, 9.17) is 0 Å². The third kappa shape index (κ3) is 3.41. The van der Waals surface area contributed by atoms with E-state index in [1.54, 1.807) is 22.7 Å². The first-order valence-electron chi connectivity index (χ1n) is 5.77. The minimum Gasteiger partial charge on any atom is -0.325 e. The molecule has 0 unspecified atom stereocenters. The molecule has 2 rings (SSSR count). The highest BCUT2D eigenvalue weighted by atomic mass is 32.1. The number of hydrogen-bond donors (Lipinski definition) is 2. The van der Waals surface area contributed by atoms with Crippen molar-refractivity contribution in [2.24, 2.45) is 0 Å². The zero-order valence-electron chi connectivity index (χ0n) is 10.4. The molecule has 0 aliphatic heterocycles. The monoisotopic (exact) mass is 280 g/mol. The van der Waals surface area contributed by atoms with Gasteiger partial charge >= 0.3 is 0 Å². The molecular formula is C13H16N2OS2. The Hall–Kier alpha value is -1.17. The van der Waals surface area contributed by atoms with Gasteiger partial charge in [-0.05, 0) is 29.8 Å². The molecule has 3 nitrogen and oxygen atoms in total. The maximum absolute atomic E-state index is 11.1. The maximum Gasteiger partial charge on any atom is 0.221 e. The van der Waals surface area contributed by atoms with Crippen molar-refractivity contribution in [2.75, 3.05) is 5.32 Å². The van der Waals surface area contributed by atoms with Crippen LogP contribution in [0.4, 0.5) is 5.69 Å². The molecule has 18 heavy (non-hydrogen) atoms. The summed E-state index contributed by atoms with van der Waals surface area (Å²) in [5, 5.41) is 10.4. The van der Waals surface area contributed by atoms with E-state index < -0.39 is 0 Å². The van der Waals surface area contributed by atoms with Crippen LogP contribution in [0.25, 0.3) is 0 Å². The topological polar surface area (TPSA) is 41.1 Å². The van der Waals surface area contributed by atoms with Crippen molar-refractivity contribution in [3.05, 3.63) is 38.7 Å². The van der Waals surface area contributed by atoms with E-state index in [-0.39, 0.29) is 5.91 Å². The highest BCUT2D eigenvalue weighted by Crippen LogP contribution is 2.24. The Bertz CT molecular complexity index is 505. The lowest BCUT2D eigenvalue weighted by Gasteiger charge is -2.12. The first kappa shape index (κ1) is 13.3. The van der Waals surface area contributed by atoms with E-state index in [2.05, 4.69) is 35.1 Å². The molecule has 0 aromatic carbocycles. The Balaban J connectivity index is 1.94. The fraction of sp³-hybridized carbons (Fsp3) is 0.308. The predicted molar refractivity (Wildman–Crippen MR) is 78.2 cm³/mol. The molecule has 0 aliphatic carbocycles. The molecule has 0 radical (unpaired) electrons. The Morgan fingerprint density at radius 3 is 2.83 bits per heavy atom. The zero-order chi connectivity index (χ0) is 13.0. The maximum atomic E-state index is 11.1. The van der Waals surface area contributed by atoms with Crippen LogP contribution in [0, 0.1) is 0 Å². The lowest BCUT2D eigenvalue weighted by atomic mass is 10.2.